The molecule has 80 valence electrons. The predicted molar refractivity (Wildman–Crippen MR) is 42.7 cm³/mol. The minimum Gasteiger partial charge on any atom is -0.462 e. The molecule has 0 saturated carbocycles. The zero-order chi connectivity index (χ0) is 11.4. The van der Waals surface area contributed by atoms with Gasteiger partial charge in [0.05, 0.1) is 6.61 Å². The molecular formula is C7H9F3N2O2. The van der Waals surface area contributed by atoms with Gasteiger partial charge in [0.1, 0.15) is 11.3 Å². The Morgan fingerprint density at radius 2 is 2.07 bits per heavy atom. The van der Waals surface area contributed by atoms with E-state index in [2.05, 4.69) is 10.5 Å². The number of nitrogens with two attached hydrogens (primary N) is 1. The van der Waals surface area contributed by atoms with Crippen LogP contribution in [0.4, 0.5) is 13.2 Å². The van der Waals surface area contributed by atoms with Crippen molar-refractivity contribution in [2.24, 2.45) is 5.73 Å². The second-order valence-electron chi connectivity index (χ2n) is 2.19. The Labute approximate surface area is 78.0 Å². The molecule has 0 unspecified atom stereocenters. The summed E-state index contributed by atoms with van der Waals surface area (Å²) in [6, 6.07) is 0. The van der Waals surface area contributed by atoms with Crippen LogP contribution in [0.25, 0.3) is 0 Å². The summed E-state index contributed by atoms with van der Waals surface area (Å²) < 4.78 is 40.3. The number of nitrogens with one attached hydrogen (secondary N) is 1. The number of hydrogen-bond donors (Lipinski definition) is 2. The van der Waals surface area contributed by atoms with Gasteiger partial charge in [0.2, 0.25) is 0 Å². The lowest BCUT2D eigenvalue weighted by molar-refractivity contribution is -0.139. The van der Waals surface area contributed by atoms with Gasteiger partial charge < -0.3 is 15.9 Å². The Bertz CT molecular complexity index is 271. The summed E-state index contributed by atoms with van der Waals surface area (Å²) in [6.45, 7) is 1.35. The summed E-state index contributed by atoms with van der Waals surface area (Å²) >= 11 is 0. The summed E-state index contributed by atoms with van der Waals surface area (Å²) in [5.74, 6) is -1.25. The van der Waals surface area contributed by atoms with Crippen LogP contribution in [0.15, 0.2) is 11.3 Å². The van der Waals surface area contributed by atoms with Gasteiger partial charge in [-0.05, 0) is 6.92 Å². The maximum absolute atomic E-state index is 12.0. The minimum atomic E-state index is -4.83. The Hall–Kier alpha value is -1.53. The summed E-state index contributed by atoms with van der Waals surface area (Å²) in [5, 5.41) is 6.62. The van der Waals surface area contributed by atoms with E-state index in [1.54, 1.807) is 0 Å². The number of hydrogen-bond acceptors (Lipinski definition) is 4. The third-order valence-corrected chi connectivity index (χ3v) is 1.24. The van der Waals surface area contributed by atoms with Crippen LogP contribution in [0, 0.1) is 5.41 Å². The first-order valence-electron chi connectivity index (χ1n) is 3.59. The molecule has 14 heavy (non-hydrogen) atoms. The lowest BCUT2D eigenvalue weighted by Crippen LogP contribution is -2.26. The molecule has 0 aliphatic heterocycles. The molecule has 7 heteroatoms. The molecule has 0 heterocycles. The smallest absolute Gasteiger partial charge is 0.431 e. The third kappa shape index (κ3) is 3.08. The van der Waals surface area contributed by atoms with E-state index in [-0.39, 0.29) is 12.8 Å². The van der Waals surface area contributed by atoms with Gasteiger partial charge in [-0.3, -0.25) is 0 Å². The molecule has 0 fully saturated rings. The summed E-state index contributed by atoms with van der Waals surface area (Å²) in [6.07, 6.45) is -4.61. The molecule has 0 aliphatic carbocycles. The van der Waals surface area contributed by atoms with Gasteiger partial charge >= 0.3 is 12.1 Å². The fourth-order valence-corrected chi connectivity index (χ4v) is 0.608. The lowest BCUT2D eigenvalue weighted by Gasteiger charge is -2.09. The average molecular weight is 210 g/mol. The van der Waals surface area contributed by atoms with Crippen LogP contribution < -0.4 is 5.73 Å². The number of alkyl halides is 3. The SMILES string of the molecule is CCOC(=O)C(C=N)=C(N)C(F)(F)F. The van der Waals surface area contributed by atoms with E-state index in [9.17, 15) is 18.0 Å². The van der Waals surface area contributed by atoms with Crippen molar-refractivity contribution in [1.29, 1.82) is 5.41 Å². The molecule has 3 N–H and O–H groups in total. The van der Waals surface area contributed by atoms with Crippen LogP contribution in [-0.4, -0.2) is 25.0 Å². The monoisotopic (exact) mass is 210 g/mol. The van der Waals surface area contributed by atoms with Gasteiger partial charge in [0.15, 0.2) is 0 Å². The van der Waals surface area contributed by atoms with Gasteiger partial charge in [-0.25, -0.2) is 4.79 Å². The van der Waals surface area contributed by atoms with Gasteiger partial charge in [0, 0.05) is 6.21 Å². The fraction of sp³-hybridized carbons (Fsp3) is 0.429. The number of halogens is 3. The quantitative estimate of drug-likeness (QED) is 0.414. The number of ether oxygens (including phenoxy) is 1. The number of rotatable bonds is 3. The van der Waals surface area contributed by atoms with Crippen molar-refractivity contribution >= 4 is 12.2 Å². The summed E-state index contributed by atoms with van der Waals surface area (Å²) in [7, 11) is 0. The van der Waals surface area contributed by atoms with Crippen molar-refractivity contribution in [3.63, 3.8) is 0 Å². The number of allylic oxidation sites excluding steroid dienone is 1. The minimum absolute atomic E-state index is 0.0820. The predicted octanol–water partition coefficient (Wildman–Crippen LogP) is 0.974. The first-order valence-corrected chi connectivity index (χ1v) is 3.59. The first kappa shape index (κ1) is 12.5. The van der Waals surface area contributed by atoms with E-state index in [0.29, 0.717) is 0 Å². The van der Waals surface area contributed by atoms with E-state index in [0.717, 1.165) is 0 Å². The molecule has 0 rings (SSSR count). The lowest BCUT2D eigenvalue weighted by atomic mass is 10.2. The Balaban J connectivity index is 5.04. The maximum atomic E-state index is 12.0. The molecule has 4 nitrogen and oxygen atoms in total. The fourth-order valence-electron chi connectivity index (χ4n) is 0.608. The van der Waals surface area contributed by atoms with Crippen LogP contribution in [0.5, 0.6) is 0 Å². The van der Waals surface area contributed by atoms with Gasteiger partial charge in [-0.15, -0.1) is 0 Å². The highest BCUT2D eigenvalue weighted by molar-refractivity contribution is 6.09. The molecule has 0 aliphatic rings. The number of carbonyl (C=O) groups is 1. The third-order valence-electron chi connectivity index (χ3n) is 1.24. The van der Waals surface area contributed by atoms with Crippen molar-refractivity contribution in [2.45, 2.75) is 13.1 Å². The molecule has 0 aromatic heterocycles. The van der Waals surface area contributed by atoms with E-state index in [4.69, 9.17) is 5.41 Å². The van der Waals surface area contributed by atoms with E-state index in [1.165, 1.54) is 6.92 Å². The molecule has 0 bridgehead atoms. The van der Waals surface area contributed by atoms with Crippen molar-refractivity contribution < 1.29 is 22.7 Å². The molecular weight excluding hydrogens is 201 g/mol. The highest BCUT2D eigenvalue weighted by Crippen LogP contribution is 2.23. The van der Waals surface area contributed by atoms with Crippen molar-refractivity contribution in [1.82, 2.24) is 0 Å². The van der Waals surface area contributed by atoms with Crippen LogP contribution in [0.1, 0.15) is 6.92 Å². The van der Waals surface area contributed by atoms with E-state index >= 15 is 0 Å². The summed E-state index contributed by atoms with van der Waals surface area (Å²) in [4.78, 5) is 10.9. The molecule has 0 aromatic rings. The van der Waals surface area contributed by atoms with Crippen LogP contribution >= 0.6 is 0 Å². The number of carbonyl (C=O) groups excluding carboxylic acids is 1. The van der Waals surface area contributed by atoms with Crippen molar-refractivity contribution in [3.05, 3.63) is 11.3 Å². The van der Waals surface area contributed by atoms with Gasteiger partial charge in [-0.2, -0.15) is 13.2 Å². The zero-order valence-corrected chi connectivity index (χ0v) is 7.31. The van der Waals surface area contributed by atoms with Crippen molar-refractivity contribution in [3.8, 4) is 0 Å². The summed E-state index contributed by atoms with van der Waals surface area (Å²) in [5.41, 5.74) is 2.03. The largest absolute Gasteiger partial charge is 0.462 e. The van der Waals surface area contributed by atoms with Crippen LogP contribution in [-0.2, 0) is 9.53 Å². The molecule has 0 atom stereocenters. The highest BCUT2D eigenvalue weighted by atomic mass is 19.4. The molecule has 0 aromatic carbocycles. The van der Waals surface area contributed by atoms with Gasteiger partial charge in [-0.1, -0.05) is 0 Å². The molecule has 0 saturated heterocycles. The Kier molecular flexibility index (Phi) is 4.13. The standard InChI is InChI=1S/C7H9F3N2O2/c1-2-14-6(13)4(3-11)5(12)7(8,9)10/h3,11H,2,12H2,1H3. The highest BCUT2D eigenvalue weighted by Gasteiger charge is 2.36. The van der Waals surface area contributed by atoms with Crippen molar-refractivity contribution in [2.75, 3.05) is 6.61 Å². The van der Waals surface area contributed by atoms with E-state index < -0.39 is 23.4 Å². The topological polar surface area (TPSA) is 76.2 Å². The zero-order valence-electron chi connectivity index (χ0n) is 7.31. The maximum Gasteiger partial charge on any atom is 0.431 e. The Morgan fingerprint density at radius 1 is 1.57 bits per heavy atom. The van der Waals surface area contributed by atoms with Gasteiger partial charge in [0.25, 0.3) is 0 Å². The molecule has 0 radical (unpaired) electrons. The second kappa shape index (κ2) is 4.64. The normalized spacial score (nSPS) is 13.1. The Morgan fingerprint density at radius 3 is 2.36 bits per heavy atom. The van der Waals surface area contributed by atoms with Crippen LogP contribution in [0.2, 0.25) is 0 Å². The first-order chi connectivity index (χ1) is 6.34. The average Bonchev–Trinajstić information content (AvgIpc) is 2.04. The van der Waals surface area contributed by atoms with Crippen LogP contribution in [0.3, 0.4) is 0 Å². The second-order valence-corrected chi connectivity index (χ2v) is 2.19. The number of esters is 1. The van der Waals surface area contributed by atoms with E-state index in [1.807, 2.05) is 0 Å². The molecule has 0 amide bonds. The molecule has 0 spiro atoms.